The SMILES string of the molecule is CCCC1(CN2C(=O)C3CCCCN3C(=O)C2C)CC1. The number of hydrogen-bond donors (Lipinski definition) is 0. The van der Waals surface area contributed by atoms with Gasteiger partial charge in [-0.25, -0.2) is 0 Å². The summed E-state index contributed by atoms with van der Waals surface area (Å²) >= 11 is 0. The van der Waals surface area contributed by atoms with Crippen LogP contribution in [-0.2, 0) is 9.59 Å². The molecule has 0 aromatic heterocycles. The minimum absolute atomic E-state index is 0.162. The molecule has 2 atom stereocenters. The first-order valence-electron chi connectivity index (χ1n) is 8.19. The quantitative estimate of drug-likeness (QED) is 0.791. The molecule has 0 bridgehead atoms. The lowest BCUT2D eigenvalue weighted by Gasteiger charge is -2.47. The van der Waals surface area contributed by atoms with Gasteiger partial charge < -0.3 is 9.80 Å². The zero-order valence-electron chi connectivity index (χ0n) is 12.7. The van der Waals surface area contributed by atoms with Crippen molar-refractivity contribution in [1.29, 1.82) is 0 Å². The summed E-state index contributed by atoms with van der Waals surface area (Å²) in [4.78, 5) is 29.0. The van der Waals surface area contributed by atoms with Crippen molar-refractivity contribution in [3.05, 3.63) is 0 Å². The zero-order valence-corrected chi connectivity index (χ0v) is 12.7. The Bertz CT molecular complexity index is 417. The molecule has 2 heterocycles. The van der Waals surface area contributed by atoms with Crippen LogP contribution >= 0.6 is 0 Å². The Morgan fingerprint density at radius 2 is 1.95 bits per heavy atom. The molecule has 112 valence electrons. The molecule has 3 fully saturated rings. The van der Waals surface area contributed by atoms with Crippen molar-refractivity contribution in [1.82, 2.24) is 9.80 Å². The lowest BCUT2D eigenvalue weighted by atomic mass is 9.93. The van der Waals surface area contributed by atoms with Gasteiger partial charge in [0.05, 0.1) is 0 Å². The third-order valence-electron chi connectivity index (χ3n) is 5.42. The van der Waals surface area contributed by atoms with Crippen LogP contribution in [0.2, 0.25) is 0 Å². The van der Waals surface area contributed by atoms with Gasteiger partial charge >= 0.3 is 0 Å². The van der Waals surface area contributed by atoms with E-state index in [0.717, 1.165) is 32.4 Å². The fraction of sp³-hybridized carbons (Fsp3) is 0.875. The third kappa shape index (κ3) is 2.23. The van der Waals surface area contributed by atoms with E-state index >= 15 is 0 Å². The van der Waals surface area contributed by atoms with Crippen LogP contribution in [0.25, 0.3) is 0 Å². The molecule has 4 nitrogen and oxygen atoms in total. The smallest absolute Gasteiger partial charge is 0.246 e. The van der Waals surface area contributed by atoms with Gasteiger partial charge in [0, 0.05) is 13.1 Å². The molecule has 0 spiro atoms. The van der Waals surface area contributed by atoms with Crippen molar-refractivity contribution in [3.8, 4) is 0 Å². The molecule has 20 heavy (non-hydrogen) atoms. The van der Waals surface area contributed by atoms with Crippen molar-refractivity contribution in [2.24, 2.45) is 5.41 Å². The molecular weight excluding hydrogens is 252 g/mol. The number of piperidine rings is 1. The van der Waals surface area contributed by atoms with E-state index in [1.165, 1.54) is 25.7 Å². The second-order valence-electron chi connectivity index (χ2n) is 6.94. The highest BCUT2D eigenvalue weighted by atomic mass is 16.2. The molecule has 0 N–H and O–H groups in total. The predicted molar refractivity (Wildman–Crippen MR) is 77.1 cm³/mol. The lowest BCUT2D eigenvalue weighted by molar-refractivity contribution is -0.163. The highest BCUT2D eigenvalue weighted by Gasteiger charge is 2.50. The molecular formula is C16H26N2O2. The van der Waals surface area contributed by atoms with Crippen LogP contribution in [0.1, 0.15) is 58.8 Å². The number of fused-ring (bicyclic) bond motifs is 1. The van der Waals surface area contributed by atoms with E-state index in [0.29, 0.717) is 5.41 Å². The molecule has 1 saturated carbocycles. The normalized spacial score (nSPS) is 32.3. The zero-order chi connectivity index (χ0) is 14.3. The first-order chi connectivity index (χ1) is 9.58. The van der Waals surface area contributed by atoms with Crippen LogP contribution in [0, 0.1) is 5.41 Å². The second kappa shape index (κ2) is 5.05. The van der Waals surface area contributed by atoms with E-state index in [2.05, 4.69) is 6.92 Å². The Morgan fingerprint density at radius 3 is 2.60 bits per heavy atom. The molecule has 2 unspecified atom stereocenters. The van der Waals surface area contributed by atoms with Gasteiger partial charge in [-0.3, -0.25) is 9.59 Å². The highest BCUT2D eigenvalue weighted by Crippen LogP contribution is 2.50. The Balaban J connectivity index is 1.76. The fourth-order valence-corrected chi connectivity index (χ4v) is 3.98. The van der Waals surface area contributed by atoms with E-state index < -0.39 is 0 Å². The van der Waals surface area contributed by atoms with Gasteiger partial charge in [0.1, 0.15) is 12.1 Å². The van der Waals surface area contributed by atoms with Crippen LogP contribution in [0.5, 0.6) is 0 Å². The summed E-state index contributed by atoms with van der Waals surface area (Å²) in [7, 11) is 0. The summed E-state index contributed by atoms with van der Waals surface area (Å²) in [6.07, 6.45) is 7.77. The van der Waals surface area contributed by atoms with Crippen molar-refractivity contribution < 1.29 is 9.59 Å². The van der Waals surface area contributed by atoms with Gasteiger partial charge in [0.2, 0.25) is 11.8 Å². The van der Waals surface area contributed by atoms with Gasteiger partial charge in [0.15, 0.2) is 0 Å². The van der Waals surface area contributed by atoms with Crippen molar-refractivity contribution in [2.75, 3.05) is 13.1 Å². The average molecular weight is 278 g/mol. The maximum absolute atomic E-state index is 12.8. The van der Waals surface area contributed by atoms with Crippen LogP contribution in [0.15, 0.2) is 0 Å². The maximum Gasteiger partial charge on any atom is 0.246 e. The van der Waals surface area contributed by atoms with Gasteiger partial charge in [-0.05, 0) is 50.9 Å². The number of rotatable bonds is 4. The predicted octanol–water partition coefficient (Wildman–Crippen LogP) is 2.18. The summed E-state index contributed by atoms with van der Waals surface area (Å²) in [5, 5.41) is 0. The van der Waals surface area contributed by atoms with E-state index in [1.807, 2.05) is 16.7 Å². The van der Waals surface area contributed by atoms with Crippen molar-refractivity contribution in [3.63, 3.8) is 0 Å². The molecule has 4 heteroatoms. The van der Waals surface area contributed by atoms with Crippen LogP contribution in [-0.4, -0.2) is 46.8 Å². The molecule has 2 saturated heterocycles. The van der Waals surface area contributed by atoms with E-state index in [1.54, 1.807) is 0 Å². The maximum atomic E-state index is 12.8. The van der Waals surface area contributed by atoms with Crippen molar-refractivity contribution >= 4 is 11.8 Å². The lowest BCUT2D eigenvalue weighted by Crippen LogP contribution is -2.65. The Morgan fingerprint density at radius 1 is 1.20 bits per heavy atom. The highest BCUT2D eigenvalue weighted by molar-refractivity contribution is 5.97. The van der Waals surface area contributed by atoms with Gasteiger partial charge in [-0.15, -0.1) is 0 Å². The van der Waals surface area contributed by atoms with Crippen LogP contribution in [0.4, 0.5) is 0 Å². The fourth-order valence-electron chi connectivity index (χ4n) is 3.98. The number of hydrogen-bond acceptors (Lipinski definition) is 2. The summed E-state index contributed by atoms with van der Waals surface area (Å²) in [6, 6.07) is -0.420. The third-order valence-corrected chi connectivity index (χ3v) is 5.42. The van der Waals surface area contributed by atoms with Gasteiger partial charge in [-0.1, -0.05) is 13.3 Å². The van der Waals surface area contributed by atoms with Crippen molar-refractivity contribution in [2.45, 2.75) is 70.9 Å². The Hall–Kier alpha value is -1.06. The molecule has 3 rings (SSSR count). The number of nitrogens with zero attached hydrogens (tertiary/aromatic N) is 2. The standard InChI is InChI=1S/C16H26N2O2/c1-3-7-16(8-9-16)11-18-12(2)14(19)17-10-5-4-6-13(17)15(18)20/h12-13H,3-11H2,1-2H3. The van der Waals surface area contributed by atoms with E-state index in [4.69, 9.17) is 0 Å². The molecule has 0 aromatic carbocycles. The van der Waals surface area contributed by atoms with Crippen LogP contribution < -0.4 is 0 Å². The molecule has 2 amide bonds. The molecule has 0 radical (unpaired) electrons. The molecule has 0 aromatic rings. The summed E-state index contributed by atoms with van der Waals surface area (Å²) in [5.41, 5.74) is 0.329. The first kappa shape index (κ1) is 13.9. The summed E-state index contributed by atoms with van der Waals surface area (Å²) in [6.45, 7) is 5.69. The van der Waals surface area contributed by atoms with Gasteiger partial charge in [-0.2, -0.15) is 0 Å². The number of carbonyl (C=O) groups is 2. The minimum atomic E-state index is -0.258. The van der Waals surface area contributed by atoms with Crippen LogP contribution in [0.3, 0.4) is 0 Å². The second-order valence-corrected chi connectivity index (χ2v) is 6.94. The number of carbonyl (C=O) groups excluding carboxylic acids is 2. The minimum Gasteiger partial charge on any atom is -0.329 e. The monoisotopic (exact) mass is 278 g/mol. The number of piperazine rings is 1. The van der Waals surface area contributed by atoms with Gasteiger partial charge in [0.25, 0.3) is 0 Å². The Kier molecular flexibility index (Phi) is 3.51. The molecule has 3 aliphatic rings. The summed E-state index contributed by atoms with van der Waals surface area (Å²) in [5.74, 6) is 0.376. The average Bonchev–Trinajstić information content (AvgIpc) is 3.21. The number of amides is 2. The summed E-state index contributed by atoms with van der Waals surface area (Å²) < 4.78 is 0. The van der Waals surface area contributed by atoms with E-state index in [9.17, 15) is 9.59 Å². The molecule has 1 aliphatic carbocycles. The Labute approximate surface area is 121 Å². The first-order valence-corrected chi connectivity index (χ1v) is 8.19. The molecule has 2 aliphatic heterocycles. The largest absolute Gasteiger partial charge is 0.329 e. The topological polar surface area (TPSA) is 40.6 Å². The van der Waals surface area contributed by atoms with E-state index in [-0.39, 0.29) is 23.9 Å².